The fourth-order valence-electron chi connectivity index (χ4n) is 4.90. The number of nitrogens with zero attached hydrogens (tertiary/aromatic N) is 2. The van der Waals surface area contributed by atoms with E-state index in [1.165, 1.54) is 18.5 Å². The number of carbonyl (C=O) groups excluding carboxylic acids is 2. The molecule has 1 amide bonds. The zero-order valence-electron chi connectivity index (χ0n) is 15.9. The highest BCUT2D eigenvalue weighted by molar-refractivity contribution is 5.96. The molecule has 146 valence electrons. The SMILES string of the molecule is CCOC(=O)[C@@]1(Cc2ccccc2)C[C@H]2CC[C@@H]1N2C(=O)c1cncc(O)c1. The first-order valence-electron chi connectivity index (χ1n) is 9.73. The van der Waals surface area contributed by atoms with Crippen LogP contribution in [0, 0.1) is 5.41 Å². The number of pyridine rings is 1. The Kier molecular flexibility index (Phi) is 4.79. The van der Waals surface area contributed by atoms with E-state index in [0.29, 0.717) is 25.0 Å². The zero-order chi connectivity index (χ0) is 19.7. The summed E-state index contributed by atoms with van der Waals surface area (Å²) in [5.74, 6) is -0.452. The topological polar surface area (TPSA) is 79.7 Å². The third kappa shape index (κ3) is 3.03. The lowest BCUT2D eigenvalue weighted by molar-refractivity contribution is -0.157. The van der Waals surface area contributed by atoms with Crippen molar-refractivity contribution in [1.82, 2.24) is 9.88 Å². The van der Waals surface area contributed by atoms with E-state index >= 15 is 0 Å². The highest BCUT2D eigenvalue weighted by Crippen LogP contribution is 2.52. The van der Waals surface area contributed by atoms with E-state index in [9.17, 15) is 14.7 Å². The Labute approximate surface area is 164 Å². The zero-order valence-corrected chi connectivity index (χ0v) is 15.9. The number of aromatic hydroxyl groups is 1. The second kappa shape index (κ2) is 7.26. The summed E-state index contributed by atoms with van der Waals surface area (Å²) in [6, 6.07) is 11.1. The molecule has 3 heterocycles. The molecule has 0 unspecified atom stereocenters. The number of hydrogen-bond acceptors (Lipinski definition) is 5. The van der Waals surface area contributed by atoms with Crippen molar-refractivity contribution in [2.45, 2.75) is 44.7 Å². The molecule has 6 heteroatoms. The minimum Gasteiger partial charge on any atom is -0.506 e. The van der Waals surface area contributed by atoms with Gasteiger partial charge in [-0.05, 0) is 44.2 Å². The Bertz CT molecular complexity index is 885. The molecule has 2 aliphatic heterocycles. The van der Waals surface area contributed by atoms with E-state index in [2.05, 4.69) is 4.98 Å². The molecular weight excluding hydrogens is 356 g/mol. The van der Waals surface area contributed by atoms with Crippen molar-refractivity contribution >= 4 is 11.9 Å². The lowest BCUT2D eigenvalue weighted by Gasteiger charge is -2.35. The van der Waals surface area contributed by atoms with Crippen molar-refractivity contribution in [3.63, 3.8) is 0 Å². The average Bonchev–Trinajstić information content (AvgIpc) is 3.25. The lowest BCUT2D eigenvalue weighted by Crippen LogP contribution is -2.47. The monoisotopic (exact) mass is 380 g/mol. The molecule has 28 heavy (non-hydrogen) atoms. The number of carbonyl (C=O) groups is 2. The summed E-state index contributed by atoms with van der Waals surface area (Å²) < 4.78 is 5.48. The number of benzene rings is 1. The maximum Gasteiger partial charge on any atom is 0.314 e. The Morgan fingerprint density at radius 1 is 1.25 bits per heavy atom. The molecule has 6 nitrogen and oxygen atoms in total. The largest absolute Gasteiger partial charge is 0.506 e. The standard InChI is InChI=1S/C22H24N2O4/c1-2-28-21(27)22(11-15-6-4-3-5-7-15)12-17-8-9-19(22)24(17)20(26)16-10-18(25)14-23-13-16/h3-7,10,13-14,17,19,25H,2,8-9,11-12H2,1H3/t17-,19+,22+/m1/s1. The van der Waals surface area contributed by atoms with Crippen LogP contribution in [-0.4, -0.2) is 45.6 Å². The Morgan fingerprint density at radius 3 is 2.75 bits per heavy atom. The van der Waals surface area contributed by atoms with Crippen molar-refractivity contribution in [2.75, 3.05) is 6.61 Å². The highest BCUT2D eigenvalue weighted by Gasteiger charge is 2.62. The van der Waals surface area contributed by atoms with E-state index in [1.54, 1.807) is 0 Å². The second-order valence-electron chi connectivity index (χ2n) is 7.63. The van der Waals surface area contributed by atoms with Gasteiger partial charge in [0.2, 0.25) is 0 Å². The molecule has 1 aromatic heterocycles. The van der Waals surface area contributed by atoms with Gasteiger partial charge in [0.1, 0.15) is 5.75 Å². The van der Waals surface area contributed by atoms with Crippen molar-refractivity contribution in [3.05, 3.63) is 59.9 Å². The fraction of sp³-hybridized carbons (Fsp3) is 0.409. The minimum atomic E-state index is -0.736. The van der Waals surface area contributed by atoms with Crippen LogP contribution in [0.4, 0.5) is 0 Å². The van der Waals surface area contributed by atoms with E-state index in [4.69, 9.17) is 4.74 Å². The molecule has 1 N–H and O–H groups in total. The van der Waals surface area contributed by atoms with Crippen LogP contribution >= 0.6 is 0 Å². The summed E-state index contributed by atoms with van der Waals surface area (Å²) >= 11 is 0. The summed E-state index contributed by atoms with van der Waals surface area (Å²) in [7, 11) is 0. The van der Waals surface area contributed by atoms with Gasteiger partial charge in [-0.1, -0.05) is 30.3 Å². The first-order chi connectivity index (χ1) is 13.5. The maximum absolute atomic E-state index is 13.2. The quantitative estimate of drug-likeness (QED) is 0.807. The number of rotatable bonds is 5. The Hall–Kier alpha value is -2.89. The van der Waals surface area contributed by atoms with Gasteiger partial charge in [-0.2, -0.15) is 0 Å². The second-order valence-corrected chi connectivity index (χ2v) is 7.63. The third-order valence-electron chi connectivity index (χ3n) is 5.99. The van der Waals surface area contributed by atoms with Gasteiger partial charge in [-0.3, -0.25) is 14.6 Å². The number of ether oxygens (including phenoxy) is 1. The number of aromatic nitrogens is 1. The van der Waals surface area contributed by atoms with Crippen LogP contribution in [0.15, 0.2) is 48.8 Å². The fourth-order valence-corrected chi connectivity index (χ4v) is 4.90. The van der Waals surface area contributed by atoms with Crippen LogP contribution in [-0.2, 0) is 16.0 Å². The van der Waals surface area contributed by atoms with Crippen LogP contribution in [0.5, 0.6) is 5.75 Å². The molecule has 0 saturated carbocycles. The summed E-state index contributed by atoms with van der Waals surface area (Å²) in [5.41, 5.74) is 0.672. The maximum atomic E-state index is 13.2. The molecule has 3 atom stereocenters. The first-order valence-corrected chi connectivity index (χ1v) is 9.73. The number of fused-ring (bicyclic) bond motifs is 2. The summed E-state index contributed by atoms with van der Waals surface area (Å²) in [6.07, 6.45) is 5.56. The molecular formula is C22H24N2O4. The van der Waals surface area contributed by atoms with Gasteiger partial charge in [-0.25, -0.2) is 0 Å². The molecule has 4 rings (SSSR count). The molecule has 0 spiro atoms. The number of hydrogen-bond donors (Lipinski definition) is 1. The normalized spacial score (nSPS) is 25.7. The molecule has 2 aliphatic rings. The molecule has 2 fully saturated rings. The summed E-state index contributed by atoms with van der Waals surface area (Å²) in [4.78, 5) is 32.1. The Balaban J connectivity index is 1.69. The van der Waals surface area contributed by atoms with E-state index < -0.39 is 5.41 Å². The molecule has 1 aromatic carbocycles. The molecule has 2 bridgehead atoms. The average molecular weight is 380 g/mol. The van der Waals surface area contributed by atoms with Crippen molar-refractivity contribution < 1.29 is 19.4 Å². The van der Waals surface area contributed by atoms with Crippen LogP contribution in [0.1, 0.15) is 42.1 Å². The first kappa shape index (κ1) is 18.5. The predicted octanol–water partition coefficient (Wildman–Crippen LogP) is 2.96. The van der Waals surface area contributed by atoms with Crippen LogP contribution in [0.3, 0.4) is 0 Å². The van der Waals surface area contributed by atoms with Crippen molar-refractivity contribution in [1.29, 1.82) is 0 Å². The molecule has 0 radical (unpaired) electrons. The van der Waals surface area contributed by atoms with Gasteiger partial charge in [0.15, 0.2) is 0 Å². The van der Waals surface area contributed by atoms with Crippen LogP contribution in [0.2, 0.25) is 0 Å². The molecule has 2 aromatic rings. The summed E-state index contributed by atoms with van der Waals surface area (Å²) in [5, 5.41) is 9.70. The van der Waals surface area contributed by atoms with Crippen LogP contribution < -0.4 is 0 Å². The molecule has 2 saturated heterocycles. The van der Waals surface area contributed by atoms with Crippen molar-refractivity contribution in [3.8, 4) is 5.75 Å². The smallest absolute Gasteiger partial charge is 0.314 e. The van der Waals surface area contributed by atoms with E-state index in [1.807, 2.05) is 42.2 Å². The van der Waals surface area contributed by atoms with E-state index in [-0.39, 0.29) is 29.7 Å². The summed E-state index contributed by atoms with van der Waals surface area (Å²) in [6.45, 7) is 2.12. The van der Waals surface area contributed by atoms with E-state index in [0.717, 1.165) is 18.4 Å². The van der Waals surface area contributed by atoms with Gasteiger partial charge in [-0.15, -0.1) is 0 Å². The van der Waals surface area contributed by atoms with Gasteiger partial charge < -0.3 is 14.7 Å². The number of esters is 1. The van der Waals surface area contributed by atoms with Gasteiger partial charge in [0, 0.05) is 18.3 Å². The van der Waals surface area contributed by atoms with Crippen LogP contribution in [0.25, 0.3) is 0 Å². The van der Waals surface area contributed by atoms with Gasteiger partial charge >= 0.3 is 5.97 Å². The minimum absolute atomic E-state index is 0.00651. The van der Waals surface area contributed by atoms with Gasteiger partial charge in [0.25, 0.3) is 5.91 Å². The van der Waals surface area contributed by atoms with Gasteiger partial charge in [0.05, 0.1) is 23.8 Å². The highest BCUT2D eigenvalue weighted by atomic mass is 16.5. The number of amides is 1. The lowest BCUT2D eigenvalue weighted by atomic mass is 9.70. The third-order valence-corrected chi connectivity index (χ3v) is 5.99. The predicted molar refractivity (Wildman–Crippen MR) is 103 cm³/mol. The Morgan fingerprint density at radius 2 is 2.04 bits per heavy atom. The molecule has 0 aliphatic carbocycles. The van der Waals surface area contributed by atoms with Crippen molar-refractivity contribution in [2.24, 2.45) is 5.41 Å².